The van der Waals surface area contributed by atoms with Gasteiger partial charge >= 0.3 is 6.18 Å². The Bertz CT molecular complexity index is 1610. The van der Waals surface area contributed by atoms with Crippen LogP contribution in [-0.2, 0) is 23.8 Å². The average Bonchev–Trinajstić information content (AvgIpc) is 3.52. The van der Waals surface area contributed by atoms with Gasteiger partial charge in [-0.15, -0.1) is 0 Å². The normalized spacial score (nSPS) is 21.9. The fourth-order valence-electron chi connectivity index (χ4n) is 7.18. The van der Waals surface area contributed by atoms with Crippen LogP contribution in [0.15, 0.2) is 79.3 Å². The number of likely N-dealkylation sites (tertiary alicyclic amines) is 1. The highest BCUT2D eigenvalue weighted by molar-refractivity contribution is 6.01. The van der Waals surface area contributed by atoms with E-state index in [1.165, 1.54) is 12.1 Å². The monoisotopic (exact) mass is 571 g/mol. The number of aryl methyl sites for hydroxylation is 1. The van der Waals surface area contributed by atoms with Crippen LogP contribution in [0.2, 0.25) is 0 Å². The molecule has 1 fully saturated rings. The summed E-state index contributed by atoms with van der Waals surface area (Å²) in [5, 5.41) is 0. The number of rotatable bonds is 5. The van der Waals surface area contributed by atoms with Crippen molar-refractivity contribution in [1.29, 1.82) is 0 Å². The van der Waals surface area contributed by atoms with E-state index < -0.39 is 11.7 Å². The zero-order chi connectivity index (χ0) is 29.6. The second-order valence-electron chi connectivity index (χ2n) is 11.7. The molecule has 0 N–H and O–H groups in total. The van der Waals surface area contributed by atoms with Crippen LogP contribution in [0.5, 0.6) is 0 Å². The average molecular weight is 572 g/mol. The van der Waals surface area contributed by atoms with Gasteiger partial charge in [-0.05, 0) is 67.8 Å². The van der Waals surface area contributed by atoms with Gasteiger partial charge in [0.25, 0.3) is 0 Å². The van der Waals surface area contributed by atoms with Gasteiger partial charge in [-0.25, -0.2) is 0 Å². The van der Waals surface area contributed by atoms with Crippen molar-refractivity contribution in [1.82, 2.24) is 14.5 Å². The van der Waals surface area contributed by atoms with Crippen LogP contribution >= 0.6 is 0 Å². The predicted octanol–water partition coefficient (Wildman–Crippen LogP) is 7.46. The molecule has 216 valence electrons. The van der Waals surface area contributed by atoms with E-state index in [1.807, 2.05) is 42.3 Å². The topological polar surface area (TPSA) is 46.1 Å². The lowest BCUT2D eigenvalue weighted by atomic mass is 9.89. The molecule has 0 bridgehead atoms. The van der Waals surface area contributed by atoms with Gasteiger partial charge in [0.1, 0.15) is 11.7 Å². The molecule has 4 aromatic rings. The van der Waals surface area contributed by atoms with Gasteiger partial charge in [-0.2, -0.15) is 13.2 Å². The molecule has 0 spiro atoms. The van der Waals surface area contributed by atoms with Crippen LogP contribution in [0.3, 0.4) is 0 Å². The van der Waals surface area contributed by atoms with Gasteiger partial charge in [0, 0.05) is 65.5 Å². The Balaban J connectivity index is 1.53. The number of alkyl halides is 3. The Kier molecular flexibility index (Phi) is 7.13. The molecule has 3 unspecified atom stereocenters. The van der Waals surface area contributed by atoms with Crippen molar-refractivity contribution in [2.24, 2.45) is 0 Å². The zero-order valence-electron chi connectivity index (χ0n) is 24.0. The van der Waals surface area contributed by atoms with Gasteiger partial charge in [0.2, 0.25) is 5.91 Å². The first kappa shape index (κ1) is 28.1. The van der Waals surface area contributed by atoms with E-state index >= 15 is 0 Å². The molecule has 2 aromatic carbocycles. The van der Waals surface area contributed by atoms with E-state index in [0.29, 0.717) is 16.6 Å². The van der Waals surface area contributed by atoms with Crippen molar-refractivity contribution in [3.05, 3.63) is 107 Å². The number of halogens is 3. The summed E-state index contributed by atoms with van der Waals surface area (Å²) >= 11 is 0. The first-order valence-electron chi connectivity index (χ1n) is 14.4. The molecule has 2 aliphatic heterocycles. The Morgan fingerprint density at radius 3 is 2.52 bits per heavy atom. The van der Waals surface area contributed by atoms with Crippen LogP contribution in [0, 0.1) is 6.92 Å². The van der Waals surface area contributed by atoms with Crippen molar-refractivity contribution in [2.45, 2.75) is 57.8 Å². The molecule has 0 radical (unpaired) electrons. The molecule has 5 nitrogen and oxygen atoms in total. The van der Waals surface area contributed by atoms with Crippen LogP contribution in [-0.4, -0.2) is 35.5 Å². The lowest BCUT2D eigenvalue weighted by Gasteiger charge is -2.39. The smallest absolute Gasteiger partial charge is 0.309 e. The van der Waals surface area contributed by atoms with Crippen LogP contribution < -0.4 is 9.38 Å². The second kappa shape index (κ2) is 10.7. The highest BCUT2D eigenvalue weighted by Gasteiger charge is 2.46. The Hall–Kier alpha value is -4.04. The standard InChI is InChI=1S/C34H34F3N4O/c1-22-18-29-28(19-23(2)40(29)31(42)20-27-9-4-5-16-39-27)32(24-11-13-26(14-12-24)34(35,36)37)33(22)41(3)17-7-10-30(41)25-8-6-15-38-21-25/h4-6,8-9,11-16,18,21,23,30H,7,10,17,19-20H2,1-3H3/q+1. The van der Waals surface area contributed by atoms with E-state index in [1.54, 1.807) is 24.5 Å². The summed E-state index contributed by atoms with van der Waals surface area (Å²) in [7, 11) is 2.23. The Labute approximate surface area is 244 Å². The van der Waals surface area contributed by atoms with Crippen molar-refractivity contribution >= 4 is 17.3 Å². The third-order valence-electron chi connectivity index (χ3n) is 8.97. The number of carbonyl (C=O) groups is 1. The van der Waals surface area contributed by atoms with Gasteiger partial charge in [-0.3, -0.25) is 19.2 Å². The second-order valence-corrected chi connectivity index (χ2v) is 11.7. The third-order valence-corrected chi connectivity index (χ3v) is 8.97. The number of amides is 1. The molecular weight excluding hydrogens is 537 g/mol. The fraction of sp³-hybridized carbons (Fsp3) is 0.324. The molecule has 1 saturated heterocycles. The maximum atomic E-state index is 13.7. The minimum Gasteiger partial charge on any atom is -0.309 e. The summed E-state index contributed by atoms with van der Waals surface area (Å²) < 4.78 is 41.3. The molecular formula is C34H34F3N4O+. The number of hydrogen-bond acceptors (Lipinski definition) is 3. The lowest BCUT2D eigenvalue weighted by Crippen LogP contribution is -2.45. The van der Waals surface area contributed by atoms with E-state index in [0.717, 1.165) is 58.6 Å². The quantitative estimate of drug-likeness (QED) is 0.234. The summed E-state index contributed by atoms with van der Waals surface area (Å²) in [4.78, 5) is 24.3. The van der Waals surface area contributed by atoms with E-state index in [9.17, 15) is 18.0 Å². The number of benzene rings is 2. The highest BCUT2D eigenvalue weighted by Crippen LogP contribution is 2.53. The summed E-state index contributed by atoms with van der Waals surface area (Å²) in [6.45, 7) is 4.99. The number of carbonyl (C=O) groups excluding carboxylic acids is 1. The fourth-order valence-corrected chi connectivity index (χ4v) is 7.18. The van der Waals surface area contributed by atoms with Crippen molar-refractivity contribution in [3.8, 4) is 11.1 Å². The van der Waals surface area contributed by atoms with Crippen LogP contribution in [0.25, 0.3) is 11.1 Å². The number of fused-ring (bicyclic) bond motifs is 1. The van der Waals surface area contributed by atoms with Crippen molar-refractivity contribution in [3.63, 3.8) is 0 Å². The van der Waals surface area contributed by atoms with Gasteiger partial charge in [0.15, 0.2) is 0 Å². The van der Waals surface area contributed by atoms with E-state index in [2.05, 4.69) is 36.1 Å². The number of quaternary nitrogens is 1. The number of anilines is 1. The van der Waals surface area contributed by atoms with Crippen molar-refractivity contribution in [2.75, 3.05) is 18.5 Å². The molecule has 0 saturated carbocycles. The number of pyridine rings is 2. The van der Waals surface area contributed by atoms with Crippen LogP contribution in [0.4, 0.5) is 24.5 Å². The molecule has 4 heterocycles. The van der Waals surface area contributed by atoms with Crippen molar-refractivity contribution < 1.29 is 18.0 Å². The molecule has 3 atom stereocenters. The largest absolute Gasteiger partial charge is 0.416 e. The summed E-state index contributed by atoms with van der Waals surface area (Å²) in [6.07, 6.45) is 3.75. The molecule has 42 heavy (non-hydrogen) atoms. The van der Waals surface area contributed by atoms with Gasteiger partial charge in [-0.1, -0.05) is 24.3 Å². The Morgan fingerprint density at radius 1 is 1.07 bits per heavy atom. The van der Waals surface area contributed by atoms with Gasteiger partial charge < -0.3 is 4.90 Å². The van der Waals surface area contributed by atoms with E-state index in [-0.39, 0.29) is 24.4 Å². The molecule has 2 aromatic heterocycles. The van der Waals surface area contributed by atoms with Gasteiger partial charge in [0.05, 0.1) is 25.6 Å². The maximum absolute atomic E-state index is 13.7. The minimum absolute atomic E-state index is 0.0414. The Morgan fingerprint density at radius 2 is 1.86 bits per heavy atom. The molecule has 2 aliphatic rings. The zero-order valence-corrected chi connectivity index (χ0v) is 24.0. The first-order valence-corrected chi connectivity index (χ1v) is 14.4. The summed E-state index contributed by atoms with van der Waals surface area (Å²) in [5.74, 6) is -0.0414. The number of aromatic nitrogens is 2. The third kappa shape index (κ3) is 4.87. The lowest BCUT2D eigenvalue weighted by molar-refractivity contribution is -0.137. The summed E-state index contributed by atoms with van der Waals surface area (Å²) in [5.41, 5.74) is 6.82. The maximum Gasteiger partial charge on any atom is 0.416 e. The number of nitrogens with zero attached hydrogens (tertiary/aromatic N) is 4. The molecule has 8 heteroatoms. The van der Waals surface area contributed by atoms with Crippen LogP contribution in [0.1, 0.15) is 53.8 Å². The summed E-state index contributed by atoms with van der Waals surface area (Å²) in [6, 6.07) is 17.3. The molecule has 0 aliphatic carbocycles. The molecule has 1 amide bonds. The predicted molar refractivity (Wildman–Crippen MR) is 159 cm³/mol. The SMILES string of the molecule is Cc1cc2c(c(-c3ccc(C(F)(F)F)cc3)c1[N+]1(C)CCCC1c1cccnc1)CC(C)N2C(=O)Cc1ccccn1. The molecule has 6 rings (SSSR count). The van der Waals surface area contributed by atoms with E-state index in [4.69, 9.17) is 0 Å². The highest BCUT2D eigenvalue weighted by atomic mass is 19.4. The minimum atomic E-state index is -4.42. The first-order chi connectivity index (χ1) is 20.1. The number of hydrogen-bond donors (Lipinski definition) is 0.